The van der Waals surface area contributed by atoms with Crippen molar-refractivity contribution >= 4 is 17.2 Å². The van der Waals surface area contributed by atoms with E-state index in [-0.39, 0.29) is 12.0 Å². The Bertz CT molecular complexity index is 738. The van der Waals surface area contributed by atoms with Crippen molar-refractivity contribution in [2.45, 2.75) is 19.6 Å². The number of likely N-dealkylation sites (tertiary alicyclic amines) is 1. The Balaban J connectivity index is 1.31. The third-order valence-electron chi connectivity index (χ3n) is 5.10. The molecule has 2 aromatic rings. The molecule has 0 aromatic carbocycles. The Labute approximate surface area is 150 Å². The number of carbonyl (C=O) groups excluding carboxylic acids is 1. The molecule has 8 heteroatoms. The summed E-state index contributed by atoms with van der Waals surface area (Å²) in [6.07, 6.45) is 3.29. The van der Waals surface area contributed by atoms with Crippen molar-refractivity contribution in [3.8, 4) is 0 Å². The number of nitrogens with one attached hydrogen (secondary N) is 1. The average molecular weight is 359 g/mol. The first kappa shape index (κ1) is 16.6. The van der Waals surface area contributed by atoms with E-state index in [1.54, 1.807) is 17.4 Å². The van der Waals surface area contributed by atoms with Crippen molar-refractivity contribution in [3.63, 3.8) is 0 Å². The molecule has 0 unspecified atom stereocenters. The number of amides is 1. The third kappa shape index (κ3) is 3.56. The lowest BCUT2D eigenvalue weighted by atomic mass is 9.93. The lowest BCUT2D eigenvalue weighted by Gasteiger charge is -2.19. The van der Waals surface area contributed by atoms with Crippen LogP contribution in [-0.4, -0.2) is 58.3 Å². The van der Waals surface area contributed by atoms with Crippen molar-refractivity contribution in [2.24, 2.45) is 11.8 Å². The van der Waals surface area contributed by atoms with E-state index < -0.39 is 0 Å². The highest BCUT2D eigenvalue weighted by atomic mass is 32.1. The van der Waals surface area contributed by atoms with Gasteiger partial charge in [0, 0.05) is 42.9 Å². The molecule has 1 N–H and O–H groups in total. The van der Waals surface area contributed by atoms with Crippen LogP contribution in [0.4, 0.5) is 0 Å². The predicted octanol–water partition coefficient (Wildman–Crippen LogP) is 1.12. The second-order valence-corrected chi connectivity index (χ2v) is 7.63. The zero-order valence-corrected chi connectivity index (χ0v) is 14.9. The van der Waals surface area contributed by atoms with Gasteiger partial charge in [-0.3, -0.25) is 9.69 Å². The van der Waals surface area contributed by atoms with Crippen LogP contribution in [-0.2, 0) is 11.3 Å². The predicted molar refractivity (Wildman–Crippen MR) is 93.2 cm³/mol. The molecule has 0 aliphatic carbocycles. The number of aryl methyl sites for hydroxylation is 1. The number of hydrogen-bond acceptors (Lipinski definition) is 7. The van der Waals surface area contributed by atoms with Crippen LogP contribution in [0.25, 0.3) is 0 Å². The van der Waals surface area contributed by atoms with E-state index in [0.29, 0.717) is 23.9 Å². The SMILES string of the molecule is Cc1ncsc1CN1C[C@@H]2[C@H](CNC(=O)c3ccnnc3)CO[C@@H]2C1. The van der Waals surface area contributed by atoms with Gasteiger partial charge >= 0.3 is 0 Å². The normalized spacial score (nSPS) is 25.9. The molecule has 1 amide bonds. The molecule has 0 bridgehead atoms. The van der Waals surface area contributed by atoms with E-state index in [0.717, 1.165) is 31.9 Å². The number of aromatic nitrogens is 3. The number of hydrogen-bond donors (Lipinski definition) is 1. The molecule has 0 radical (unpaired) electrons. The van der Waals surface area contributed by atoms with Crippen molar-refractivity contribution in [1.29, 1.82) is 0 Å². The van der Waals surface area contributed by atoms with E-state index >= 15 is 0 Å². The third-order valence-corrected chi connectivity index (χ3v) is 6.02. The van der Waals surface area contributed by atoms with E-state index in [2.05, 4.69) is 32.3 Å². The Morgan fingerprint density at radius 2 is 2.36 bits per heavy atom. The van der Waals surface area contributed by atoms with Gasteiger partial charge in [-0.15, -0.1) is 11.3 Å². The summed E-state index contributed by atoms with van der Waals surface area (Å²) in [5.74, 6) is 0.730. The topological polar surface area (TPSA) is 80.2 Å². The van der Waals surface area contributed by atoms with Gasteiger partial charge in [0.15, 0.2) is 0 Å². The van der Waals surface area contributed by atoms with Crippen LogP contribution < -0.4 is 5.32 Å². The van der Waals surface area contributed by atoms with Crippen LogP contribution in [0, 0.1) is 18.8 Å². The fourth-order valence-corrected chi connectivity index (χ4v) is 4.47. The highest BCUT2D eigenvalue weighted by Crippen LogP contribution is 2.34. The highest BCUT2D eigenvalue weighted by molar-refractivity contribution is 7.09. The maximum absolute atomic E-state index is 12.2. The Kier molecular flexibility index (Phi) is 4.74. The van der Waals surface area contributed by atoms with Gasteiger partial charge in [0.25, 0.3) is 5.91 Å². The molecule has 4 heterocycles. The molecule has 4 rings (SSSR count). The lowest BCUT2D eigenvalue weighted by Crippen LogP contribution is -2.34. The second-order valence-electron chi connectivity index (χ2n) is 6.69. The summed E-state index contributed by atoms with van der Waals surface area (Å²) in [4.78, 5) is 20.3. The number of ether oxygens (including phenoxy) is 1. The zero-order valence-electron chi connectivity index (χ0n) is 14.1. The first-order valence-electron chi connectivity index (χ1n) is 8.48. The first-order valence-corrected chi connectivity index (χ1v) is 9.36. The van der Waals surface area contributed by atoms with Gasteiger partial charge in [-0.25, -0.2) is 4.98 Å². The van der Waals surface area contributed by atoms with Crippen LogP contribution in [0.5, 0.6) is 0 Å². The molecule has 2 aliphatic rings. The fourth-order valence-electron chi connectivity index (χ4n) is 3.65. The lowest BCUT2D eigenvalue weighted by molar-refractivity contribution is 0.0904. The van der Waals surface area contributed by atoms with Crippen molar-refractivity contribution in [2.75, 3.05) is 26.2 Å². The average Bonchev–Trinajstić information content (AvgIpc) is 3.31. The molecule has 25 heavy (non-hydrogen) atoms. The molecule has 0 spiro atoms. The van der Waals surface area contributed by atoms with Crippen LogP contribution in [0.1, 0.15) is 20.9 Å². The van der Waals surface area contributed by atoms with Gasteiger partial charge in [0.1, 0.15) is 0 Å². The van der Waals surface area contributed by atoms with Crippen molar-refractivity contribution < 1.29 is 9.53 Å². The van der Waals surface area contributed by atoms with Crippen LogP contribution in [0.15, 0.2) is 24.0 Å². The first-order chi connectivity index (χ1) is 12.2. The molecule has 2 saturated heterocycles. The number of nitrogens with zero attached hydrogens (tertiary/aromatic N) is 4. The minimum absolute atomic E-state index is 0.103. The monoisotopic (exact) mass is 359 g/mol. The molecule has 2 aromatic heterocycles. The van der Waals surface area contributed by atoms with Gasteiger partial charge in [-0.2, -0.15) is 10.2 Å². The zero-order chi connectivity index (χ0) is 17.2. The molecule has 7 nitrogen and oxygen atoms in total. The summed E-state index contributed by atoms with van der Waals surface area (Å²) in [6.45, 7) is 6.33. The maximum Gasteiger partial charge on any atom is 0.252 e. The van der Waals surface area contributed by atoms with Gasteiger partial charge < -0.3 is 10.1 Å². The minimum Gasteiger partial charge on any atom is -0.376 e. The van der Waals surface area contributed by atoms with E-state index in [1.807, 2.05) is 5.51 Å². The minimum atomic E-state index is -0.103. The summed E-state index contributed by atoms with van der Waals surface area (Å²) >= 11 is 1.72. The van der Waals surface area contributed by atoms with Crippen molar-refractivity contribution in [1.82, 2.24) is 25.4 Å². The summed E-state index contributed by atoms with van der Waals surface area (Å²) in [7, 11) is 0. The molecule has 2 aliphatic heterocycles. The van der Waals surface area contributed by atoms with E-state index in [9.17, 15) is 4.79 Å². The molecule has 0 saturated carbocycles. The quantitative estimate of drug-likeness (QED) is 0.862. The smallest absolute Gasteiger partial charge is 0.252 e. The molecule has 132 valence electrons. The Morgan fingerprint density at radius 3 is 3.12 bits per heavy atom. The molecule has 2 fully saturated rings. The number of fused-ring (bicyclic) bond motifs is 1. The van der Waals surface area contributed by atoms with Crippen LogP contribution in [0.3, 0.4) is 0 Å². The Morgan fingerprint density at radius 1 is 1.44 bits per heavy atom. The molecular weight excluding hydrogens is 338 g/mol. The largest absolute Gasteiger partial charge is 0.376 e. The van der Waals surface area contributed by atoms with Crippen molar-refractivity contribution in [3.05, 3.63) is 40.1 Å². The molecule has 3 atom stereocenters. The standard InChI is InChI=1S/C17H21N5O2S/c1-11-16(25-10-19-11)8-22-6-14-13(9-24-15(14)7-22)4-18-17(23)12-2-3-20-21-5-12/h2-3,5,10,13-15H,4,6-9H2,1H3,(H,18,23)/t13-,14-,15-/m1/s1. The number of carbonyl (C=O) groups is 1. The van der Waals surface area contributed by atoms with Gasteiger partial charge in [-0.1, -0.05) is 0 Å². The van der Waals surface area contributed by atoms with Gasteiger partial charge in [0.2, 0.25) is 0 Å². The number of thiazole rings is 1. The van der Waals surface area contributed by atoms with E-state index in [4.69, 9.17) is 4.74 Å². The number of rotatable bonds is 5. The summed E-state index contributed by atoms with van der Waals surface area (Å²) < 4.78 is 5.98. The fraction of sp³-hybridized carbons (Fsp3) is 0.529. The van der Waals surface area contributed by atoms with Gasteiger partial charge in [0.05, 0.1) is 41.9 Å². The highest BCUT2D eigenvalue weighted by Gasteiger charge is 2.43. The van der Waals surface area contributed by atoms with E-state index in [1.165, 1.54) is 17.3 Å². The summed E-state index contributed by atoms with van der Waals surface area (Å²) in [5.41, 5.74) is 3.57. The van der Waals surface area contributed by atoms with Gasteiger partial charge in [-0.05, 0) is 13.0 Å². The molecular formula is C17H21N5O2S. The van der Waals surface area contributed by atoms with Crippen LogP contribution >= 0.6 is 11.3 Å². The maximum atomic E-state index is 12.2. The summed E-state index contributed by atoms with van der Waals surface area (Å²) in [5, 5.41) is 10.4. The Hall–Kier alpha value is -1.90. The van der Waals surface area contributed by atoms with Crippen LogP contribution in [0.2, 0.25) is 0 Å². The summed E-state index contributed by atoms with van der Waals surface area (Å²) in [6, 6.07) is 1.67. The second kappa shape index (κ2) is 7.15.